The van der Waals surface area contributed by atoms with Crippen molar-refractivity contribution in [2.24, 2.45) is 0 Å². The van der Waals surface area contributed by atoms with E-state index in [2.05, 4.69) is 5.16 Å². The fourth-order valence-corrected chi connectivity index (χ4v) is 4.25. The summed E-state index contributed by atoms with van der Waals surface area (Å²) in [5, 5.41) is 3.43. The molecule has 12 heteroatoms. The maximum Gasteiger partial charge on any atom is 0.471 e. The van der Waals surface area contributed by atoms with Gasteiger partial charge in [0.05, 0.1) is 5.69 Å². The van der Waals surface area contributed by atoms with Gasteiger partial charge in [-0.2, -0.15) is 17.5 Å². The van der Waals surface area contributed by atoms with Crippen LogP contribution in [0.4, 0.5) is 13.2 Å². The van der Waals surface area contributed by atoms with Crippen LogP contribution in [0.3, 0.4) is 0 Å². The number of aryl methyl sites for hydroxylation is 1. The lowest BCUT2D eigenvalue weighted by molar-refractivity contribution is -0.185. The number of carbonyl (C=O) groups excluding carboxylic acids is 1. The van der Waals surface area contributed by atoms with E-state index in [-0.39, 0.29) is 43.5 Å². The van der Waals surface area contributed by atoms with Crippen molar-refractivity contribution >= 4 is 15.9 Å². The zero-order valence-electron chi connectivity index (χ0n) is 15.1. The molecule has 2 aromatic rings. The third-order valence-corrected chi connectivity index (χ3v) is 6.31. The van der Waals surface area contributed by atoms with E-state index in [0.717, 1.165) is 4.31 Å². The van der Waals surface area contributed by atoms with Gasteiger partial charge in [-0.1, -0.05) is 5.16 Å². The van der Waals surface area contributed by atoms with Crippen molar-refractivity contribution in [3.63, 3.8) is 0 Å². The van der Waals surface area contributed by atoms with Gasteiger partial charge in [0.2, 0.25) is 10.9 Å². The summed E-state index contributed by atoms with van der Waals surface area (Å²) in [5.41, 5.74) is 1.34. The standard InChI is InChI=1S/C16H18F3N3O5S/c1-10-11(2)20-27-14(10)12-4-5-13(26-12)28(24,25)22-7-3-6-21(8-9-22)15(23)16(17,18)19/h4-5H,3,6-9H2,1-2H3. The first-order chi connectivity index (χ1) is 13.0. The van der Waals surface area contributed by atoms with E-state index >= 15 is 0 Å². The number of amides is 1. The van der Waals surface area contributed by atoms with Crippen molar-refractivity contribution in [2.45, 2.75) is 31.5 Å². The highest BCUT2D eigenvalue weighted by molar-refractivity contribution is 7.89. The Morgan fingerprint density at radius 3 is 2.46 bits per heavy atom. The topological polar surface area (TPSA) is 96.9 Å². The third-order valence-electron chi connectivity index (χ3n) is 4.54. The molecular weight excluding hydrogens is 403 g/mol. The van der Waals surface area contributed by atoms with Gasteiger partial charge in [0, 0.05) is 31.7 Å². The van der Waals surface area contributed by atoms with Gasteiger partial charge in [-0.05, 0) is 32.4 Å². The van der Waals surface area contributed by atoms with Crippen LogP contribution in [0.2, 0.25) is 0 Å². The van der Waals surface area contributed by atoms with Gasteiger partial charge in [-0.3, -0.25) is 4.79 Å². The minimum Gasteiger partial charge on any atom is -0.440 e. The molecule has 0 radical (unpaired) electrons. The van der Waals surface area contributed by atoms with Gasteiger partial charge in [0.15, 0.2) is 5.76 Å². The molecule has 1 saturated heterocycles. The number of hydrogen-bond donors (Lipinski definition) is 0. The summed E-state index contributed by atoms with van der Waals surface area (Å²) in [6, 6.07) is 2.68. The number of aromatic nitrogens is 1. The van der Waals surface area contributed by atoms with Crippen molar-refractivity contribution in [1.29, 1.82) is 0 Å². The summed E-state index contributed by atoms with van der Waals surface area (Å²) >= 11 is 0. The molecule has 0 aliphatic carbocycles. The van der Waals surface area contributed by atoms with Gasteiger partial charge < -0.3 is 13.8 Å². The van der Waals surface area contributed by atoms with E-state index < -0.39 is 22.1 Å². The SMILES string of the molecule is Cc1noc(-c2ccc(S(=O)(=O)N3CCCN(C(=O)C(F)(F)F)CC3)o2)c1C. The Bertz CT molecular complexity index is 980. The first-order valence-corrected chi connectivity index (χ1v) is 9.85. The molecule has 0 aromatic carbocycles. The zero-order valence-corrected chi connectivity index (χ0v) is 15.9. The summed E-state index contributed by atoms with van der Waals surface area (Å²) in [6.07, 6.45) is -4.91. The van der Waals surface area contributed by atoms with Crippen LogP contribution in [-0.2, 0) is 14.8 Å². The van der Waals surface area contributed by atoms with Crippen LogP contribution in [0.15, 0.2) is 26.2 Å². The van der Waals surface area contributed by atoms with Crippen molar-refractivity contribution in [1.82, 2.24) is 14.4 Å². The first kappa shape index (κ1) is 20.4. The van der Waals surface area contributed by atoms with Crippen LogP contribution < -0.4 is 0 Å². The largest absolute Gasteiger partial charge is 0.471 e. The summed E-state index contributed by atoms with van der Waals surface area (Å²) < 4.78 is 75.0. The van der Waals surface area contributed by atoms with Crippen LogP contribution in [-0.4, -0.2) is 61.0 Å². The van der Waals surface area contributed by atoms with Gasteiger partial charge in [0.25, 0.3) is 10.0 Å². The molecule has 1 aliphatic heterocycles. The van der Waals surface area contributed by atoms with Crippen LogP contribution in [0.5, 0.6) is 0 Å². The van der Waals surface area contributed by atoms with Crippen LogP contribution in [0, 0.1) is 13.8 Å². The number of furan rings is 1. The lowest BCUT2D eigenvalue weighted by Gasteiger charge is -2.22. The number of nitrogens with zero attached hydrogens (tertiary/aromatic N) is 3. The van der Waals surface area contributed by atoms with Crippen LogP contribution >= 0.6 is 0 Å². The Morgan fingerprint density at radius 1 is 1.14 bits per heavy atom. The number of carbonyl (C=O) groups is 1. The van der Waals surface area contributed by atoms with Gasteiger partial charge >= 0.3 is 12.1 Å². The molecule has 3 rings (SSSR count). The van der Waals surface area contributed by atoms with E-state index in [0.29, 0.717) is 21.9 Å². The van der Waals surface area contributed by atoms with Gasteiger partial charge in [-0.15, -0.1) is 0 Å². The molecule has 1 amide bonds. The normalized spacial score (nSPS) is 17.0. The Balaban J connectivity index is 1.78. The van der Waals surface area contributed by atoms with Crippen molar-refractivity contribution in [3.05, 3.63) is 23.4 Å². The Labute approximate surface area is 158 Å². The lowest BCUT2D eigenvalue weighted by Crippen LogP contribution is -2.43. The predicted octanol–water partition coefficient (Wildman–Crippen LogP) is 2.34. The maximum absolute atomic E-state index is 12.8. The van der Waals surface area contributed by atoms with E-state index in [4.69, 9.17) is 8.94 Å². The molecule has 1 aliphatic rings. The van der Waals surface area contributed by atoms with Crippen molar-refractivity contribution in [2.75, 3.05) is 26.2 Å². The van der Waals surface area contributed by atoms with E-state index in [1.54, 1.807) is 13.8 Å². The first-order valence-electron chi connectivity index (χ1n) is 8.41. The zero-order chi connectivity index (χ0) is 20.7. The number of sulfonamides is 1. The highest BCUT2D eigenvalue weighted by Crippen LogP contribution is 2.30. The third kappa shape index (κ3) is 3.78. The average molecular weight is 421 g/mol. The highest BCUT2D eigenvalue weighted by atomic mass is 32.2. The predicted molar refractivity (Wildman–Crippen MR) is 89.7 cm³/mol. The molecule has 8 nitrogen and oxygen atoms in total. The Morgan fingerprint density at radius 2 is 1.86 bits per heavy atom. The quantitative estimate of drug-likeness (QED) is 0.755. The smallest absolute Gasteiger partial charge is 0.440 e. The summed E-state index contributed by atoms with van der Waals surface area (Å²) in [6.45, 7) is 2.66. The van der Waals surface area contributed by atoms with Gasteiger partial charge in [-0.25, -0.2) is 8.42 Å². The summed E-state index contributed by atoms with van der Waals surface area (Å²) in [4.78, 5) is 12.0. The Kier molecular flexibility index (Phi) is 5.28. The molecule has 0 spiro atoms. The molecule has 154 valence electrons. The van der Waals surface area contributed by atoms with Crippen molar-refractivity contribution < 1.29 is 35.3 Å². The molecule has 1 fully saturated rings. The van der Waals surface area contributed by atoms with E-state index in [1.807, 2.05) is 0 Å². The molecule has 0 bridgehead atoms. The lowest BCUT2D eigenvalue weighted by atomic mass is 10.2. The minimum atomic E-state index is -4.99. The fraction of sp³-hybridized carbons (Fsp3) is 0.500. The Hall–Kier alpha value is -2.34. The van der Waals surface area contributed by atoms with Gasteiger partial charge in [0.1, 0.15) is 0 Å². The molecule has 3 heterocycles. The molecule has 0 unspecified atom stereocenters. The molecule has 28 heavy (non-hydrogen) atoms. The molecule has 0 atom stereocenters. The maximum atomic E-state index is 12.8. The molecule has 2 aromatic heterocycles. The fourth-order valence-electron chi connectivity index (χ4n) is 2.87. The van der Waals surface area contributed by atoms with E-state index in [1.165, 1.54) is 12.1 Å². The minimum absolute atomic E-state index is 0.0273. The number of halogens is 3. The average Bonchev–Trinajstić information content (AvgIpc) is 3.13. The second-order valence-corrected chi connectivity index (χ2v) is 8.26. The van der Waals surface area contributed by atoms with Crippen LogP contribution in [0.1, 0.15) is 17.7 Å². The number of rotatable bonds is 3. The number of hydrogen-bond acceptors (Lipinski definition) is 6. The summed E-state index contributed by atoms with van der Waals surface area (Å²) in [7, 11) is -4.08. The molecule has 0 N–H and O–H groups in total. The highest BCUT2D eigenvalue weighted by Gasteiger charge is 2.43. The molecule has 0 saturated carbocycles. The monoisotopic (exact) mass is 421 g/mol. The summed E-state index contributed by atoms with van der Waals surface area (Å²) in [5.74, 6) is -1.49. The van der Waals surface area contributed by atoms with E-state index in [9.17, 15) is 26.4 Å². The van der Waals surface area contributed by atoms with Crippen LogP contribution in [0.25, 0.3) is 11.5 Å². The van der Waals surface area contributed by atoms with Crippen molar-refractivity contribution in [3.8, 4) is 11.5 Å². The molecular formula is C16H18F3N3O5S. The second-order valence-electron chi connectivity index (χ2n) is 6.39. The number of alkyl halides is 3. The second kappa shape index (κ2) is 7.24.